The lowest BCUT2D eigenvalue weighted by Gasteiger charge is -2.40. The van der Waals surface area contributed by atoms with E-state index in [9.17, 15) is 0 Å². The minimum atomic E-state index is 0.140. The van der Waals surface area contributed by atoms with Gasteiger partial charge >= 0.3 is 0 Å². The first-order valence-electron chi connectivity index (χ1n) is 5.40. The molecule has 0 aliphatic carbocycles. The van der Waals surface area contributed by atoms with E-state index in [0.29, 0.717) is 6.10 Å². The monoisotopic (exact) mass is 184 g/mol. The predicted molar refractivity (Wildman–Crippen MR) is 52.9 cm³/mol. The Labute approximate surface area is 80.2 Å². The zero-order valence-electron chi connectivity index (χ0n) is 8.44. The van der Waals surface area contributed by atoms with Crippen LogP contribution in [0.25, 0.3) is 0 Å². The van der Waals surface area contributed by atoms with Crippen LogP contribution in [0.1, 0.15) is 26.2 Å². The number of hydrogen-bond donors (Lipinski definition) is 2. The van der Waals surface area contributed by atoms with E-state index in [1.54, 1.807) is 0 Å². The van der Waals surface area contributed by atoms with Crippen molar-refractivity contribution in [1.29, 1.82) is 0 Å². The normalized spacial score (nSPS) is 41.8. The summed E-state index contributed by atoms with van der Waals surface area (Å²) in [5.41, 5.74) is 0.140. The minimum absolute atomic E-state index is 0.140. The summed E-state index contributed by atoms with van der Waals surface area (Å²) in [6.07, 6.45) is 3.99. The zero-order chi connectivity index (χ0) is 9.15. The second kappa shape index (κ2) is 3.95. The van der Waals surface area contributed by atoms with Gasteiger partial charge in [-0.1, -0.05) is 0 Å². The van der Waals surface area contributed by atoms with E-state index in [0.717, 1.165) is 32.6 Å². The number of morpholine rings is 1. The maximum absolute atomic E-state index is 6.09. The molecule has 2 atom stereocenters. The van der Waals surface area contributed by atoms with Crippen LogP contribution >= 0.6 is 0 Å². The van der Waals surface area contributed by atoms with E-state index in [4.69, 9.17) is 4.74 Å². The van der Waals surface area contributed by atoms with Crippen molar-refractivity contribution in [2.45, 2.75) is 37.9 Å². The minimum Gasteiger partial charge on any atom is -0.369 e. The Morgan fingerprint density at radius 3 is 3.00 bits per heavy atom. The van der Waals surface area contributed by atoms with Crippen LogP contribution in [0.4, 0.5) is 0 Å². The van der Waals surface area contributed by atoms with E-state index < -0.39 is 0 Å². The number of ether oxygens (including phenoxy) is 1. The summed E-state index contributed by atoms with van der Waals surface area (Å²) in [4.78, 5) is 0. The SMILES string of the molecule is CC1CNCC2(CCCNCC2)O1. The molecule has 0 radical (unpaired) electrons. The molecule has 2 rings (SSSR count). The molecule has 2 unspecified atom stereocenters. The van der Waals surface area contributed by atoms with Gasteiger partial charge in [-0.05, 0) is 39.3 Å². The Kier molecular flexibility index (Phi) is 2.86. The van der Waals surface area contributed by atoms with Gasteiger partial charge in [-0.15, -0.1) is 0 Å². The molecule has 76 valence electrons. The highest BCUT2D eigenvalue weighted by Gasteiger charge is 2.35. The first kappa shape index (κ1) is 9.44. The summed E-state index contributed by atoms with van der Waals surface area (Å²) in [6, 6.07) is 0. The van der Waals surface area contributed by atoms with Crippen molar-refractivity contribution in [3.63, 3.8) is 0 Å². The summed E-state index contributed by atoms with van der Waals surface area (Å²) in [6.45, 7) is 6.47. The van der Waals surface area contributed by atoms with E-state index in [2.05, 4.69) is 17.6 Å². The fourth-order valence-corrected chi connectivity index (χ4v) is 2.41. The number of hydrogen-bond acceptors (Lipinski definition) is 3. The molecule has 2 aliphatic heterocycles. The molecule has 0 aromatic rings. The molecule has 0 amide bonds. The van der Waals surface area contributed by atoms with Crippen molar-refractivity contribution < 1.29 is 4.74 Å². The molecule has 2 heterocycles. The molecule has 2 aliphatic rings. The second-order valence-corrected chi connectivity index (χ2v) is 4.35. The van der Waals surface area contributed by atoms with Gasteiger partial charge < -0.3 is 15.4 Å². The molecule has 3 nitrogen and oxygen atoms in total. The molecule has 0 bridgehead atoms. The van der Waals surface area contributed by atoms with E-state index in [-0.39, 0.29) is 5.60 Å². The summed E-state index contributed by atoms with van der Waals surface area (Å²) in [7, 11) is 0. The third-order valence-electron chi connectivity index (χ3n) is 3.07. The molecular formula is C10H20N2O. The van der Waals surface area contributed by atoms with Gasteiger partial charge in [-0.3, -0.25) is 0 Å². The van der Waals surface area contributed by atoms with Crippen LogP contribution in [0.2, 0.25) is 0 Å². The third kappa shape index (κ3) is 2.22. The van der Waals surface area contributed by atoms with Crippen molar-refractivity contribution >= 4 is 0 Å². The first-order valence-corrected chi connectivity index (χ1v) is 5.40. The highest BCUT2D eigenvalue weighted by molar-refractivity contribution is 4.90. The van der Waals surface area contributed by atoms with Crippen LogP contribution in [0.15, 0.2) is 0 Å². The average molecular weight is 184 g/mol. The Hall–Kier alpha value is -0.120. The second-order valence-electron chi connectivity index (χ2n) is 4.35. The molecule has 0 aromatic carbocycles. The van der Waals surface area contributed by atoms with Crippen LogP contribution in [-0.2, 0) is 4.74 Å². The molecule has 3 heteroatoms. The highest BCUT2D eigenvalue weighted by Crippen LogP contribution is 2.27. The van der Waals surface area contributed by atoms with Gasteiger partial charge in [0.1, 0.15) is 0 Å². The van der Waals surface area contributed by atoms with Gasteiger partial charge in [0.25, 0.3) is 0 Å². The smallest absolute Gasteiger partial charge is 0.0823 e. The van der Waals surface area contributed by atoms with Gasteiger partial charge in [-0.2, -0.15) is 0 Å². The number of rotatable bonds is 0. The van der Waals surface area contributed by atoms with Crippen molar-refractivity contribution in [3.05, 3.63) is 0 Å². The van der Waals surface area contributed by atoms with E-state index in [1.165, 1.54) is 12.8 Å². The summed E-state index contributed by atoms with van der Waals surface area (Å²) in [5.74, 6) is 0. The van der Waals surface area contributed by atoms with Crippen molar-refractivity contribution in [2.24, 2.45) is 0 Å². The lowest BCUT2D eigenvalue weighted by molar-refractivity contribution is -0.114. The van der Waals surface area contributed by atoms with Crippen molar-refractivity contribution in [3.8, 4) is 0 Å². The summed E-state index contributed by atoms with van der Waals surface area (Å²) < 4.78 is 6.09. The molecule has 13 heavy (non-hydrogen) atoms. The Morgan fingerprint density at radius 2 is 2.15 bits per heavy atom. The fraction of sp³-hybridized carbons (Fsp3) is 1.00. The molecule has 1 spiro atoms. The molecule has 2 N–H and O–H groups in total. The maximum Gasteiger partial charge on any atom is 0.0823 e. The molecular weight excluding hydrogens is 164 g/mol. The topological polar surface area (TPSA) is 33.3 Å². The standard InChI is InChI=1S/C10H20N2O/c1-9-7-12-8-10(13-9)3-2-5-11-6-4-10/h9,11-12H,2-8H2,1H3. The third-order valence-corrected chi connectivity index (χ3v) is 3.07. The van der Waals surface area contributed by atoms with Gasteiger partial charge in [0.15, 0.2) is 0 Å². The lowest BCUT2D eigenvalue weighted by atomic mass is 9.92. The molecule has 2 fully saturated rings. The van der Waals surface area contributed by atoms with Crippen LogP contribution in [0.3, 0.4) is 0 Å². The van der Waals surface area contributed by atoms with Crippen molar-refractivity contribution in [2.75, 3.05) is 26.2 Å². The van der Waals surface area contributed by atoms with Crippen LogP contribution in [0.5, 0.6) is 0 Å². The zero-order valence-corrected chi connectivity index (χ0v) is 8.44. The van der Waals surface area contributed by atoms with Gasteiger partial charge in [0.2, 0.25) is 0 Å². The predicted octanol–water partition coefficient (Wildman–Crippen LogP) is 0.507. The van der Waals surface area contributed by atoms with Crippen LogP contribution < -0.4 is 10.6 Å². The summed E-state index contributed by atoms with van der Waals surface area (Å²) >= 11 is 0. The number of nitrogens with one attached hydrogen (secondary N) is 2. The van der Waals surface area contributed by atoms with Crippen LogP contribution in [-0.4, -0.2) is 37.9 Å². The first-order chi connectivity index (χ1) is 6.31. The van der Waals surface area contributed by atoms with Gasteiger partial charge in [0.05, 0.1) is 11.7 Å². The lowest BCUT2D eigenvalue weighted by Crippen LogP contribution is -2.53. The van der Waals surface area contributed by atoms with Crippen LogP contribution in [0, 0.1) is 0 Å². The van der Waals surface area contributed by atoms with E-state index >= 15 is 0 Å². The maximum atomic E-state index is 6.09. The Morgan fingerprint density at radius 1 is 1.23 bits per heavy atom. The fourth-order valence-electron chi connectivity index (χ4n) is 2.41. The molecule has 0 saturated carbocycles. The Bertz CT molecular complexity index is 164. The molecule has 0 aromatic heterocycles. The largest absolute Gasteiger partial charge is 0.369 e. The van der Waals surface area contributed by atoms with Gasteiger partial charge in [0, 0.05) is 13.1 Å². The highest BCUT2D eigenvalue weighted by atomic mass is 16.5. The quantitative estimate of drug-likeness (QED) is 0.575. The summed E-state index contributed by atoms with van der Waals surface area (Å²) in [5, 5.41) is 6.90. The van der Waals surface area contributed by atoms with Crippen molar-refractivity contribution in [1.82, 2.24) is 10.6 Å². The Balaban J connectivity index is 1.99. The molecule has 2 saturated heterocycles. The van der Waals surface area contributed by atoms with Gasteiger partial charge in [-0.25, -0.2) is 0 Å². The average Bonchev–Trinajstić information content (AvgIpc) is 2.31. The van der Waals surface area contributed by atoms with E-state index in [1.807, 2.05) is 0 Å².